The zero-order chi connectivity index (χ0) is 12.1. The van der Waals surface area contributed by atoms with Crippen LogP contribution in [0.15, 0.2) is 22.7 Å². The van der Waals surface area contributed by atoms with Crippen LogP contribution in [0.25, 0.3) is 0 Å². The second-order valence-electron chi connectivity index (χ2n) is 3.95. The highest BCUT2D eigenvalue weighted by molar-refractivity contribution is 9.10. The Morgan fingerprint density at radius 1 is 1.41 bits per heavy atom. The van der Waals surface area contributed by atoms with Gasteiger partial charge in [0.15, 0.2) is 0 Å². The molecule has 0 spiro atoms. The van der Waals surface area contributed by atoms with Crippen LogP contribution in [0.3, 0.4) is 0 Å². The Morgan fingerprint density at radius 3 is 3.06 bits per heavy atom. The maximum absolute atomic E-state index is 9.84. The summed E-state index contributed by atoms with van der Waals surface area (Å²) in [5.74, 6) is 4.14. The van der Waals surface area contributed by atoms with Crippen molar-refractivity contribution in [1.29, 1.82) is 0 Å². The van der Waals surface area contributed by atoms with Crippen LogP contribution in [-0.4, -0.2) is 34.2 Å². The molecular formula is C12H16BrNOS2. The van der Waals surface area contributed by atoms with Crippen LogP contribution in [0.2, 0.25) is 0 Å². The van der Waals surface area contributed by atoms with Crippen molar-refractivity contribution in [2.45, 2.75) is 11.8 Å². The Labute approximate surface area is 119 Å². The van der Waals surface area contributed by atoms with Crippen LogP contribution >= 0.6 is 39.5 Å². The zero-order valence-electron chi connectivity index (χ0n) is 9.49. The summed E-state index contributed by atoms with van der Waals surface area (Å²) >= 11 is 7.42. The number of rotatable bonds is 4. The van der Waals surface area contributed by atoms with Crippen molar-refractivity contribution in [2.75, 3.05) is 23.8 Å². The van der Waals surface area contributed by atoms with Crippen molar-refractivity contribution in [2.24, 2.45) is 0 Å². The molecule has 1 unspecified atom stereocenters. The van der Waals surface area contributed by atoms with E-state index in [2.05, 4.69) is 33.0 Å². The fourth-order valence-electron chi connectivity index (χ4n) is 1.72. The summed E-state index contributed by atoms with van der Waals surface area (Å²) in [6.45, 7) is 1.75. The van der Waals surface area contributed by atoms with Gasteiger partial charge in [-0.2, -0.15) is 23.5 Å². The summed E-state index contributed by atoms with van der Waals surface area (Å²) < 4.78 is 0.763. The third kappa shape index (κ3) is 4.09. The average Bonchev–Trinajstić information content (AvgIpc) is 2.36. The number of hydrogen-bond donors (Lipinski definition) is 2. The SMILES string of the molecule is Oc1c(Br)cccc1CNCC1CSCCS1. The Morgan fingerprint density at radius 2 is 2.29 bits per heavy atom. The molecule has 94 valence electrons. The molecule has 0 aliphatic carbocycles. The van der Waals surface area contributed by atoms with Crippen LogP contribution in [0.1, 0.15) is 5.56 Å². The molecule has 2 rings (SSSR count). The summed E-state index contributed by atoms with van der Waals surface area (Å²) in [6.07, 6.45) is 0. The summed E-state index contributed by atoms with van der Waals surface area (Å²) in [5, 5.41) is 14.0. The fourth-order valence-corrected chi connectivity index (χ4v) is 4.78. The lowest BCUT2D eigenvalue weighted by Gasteiger charge is -2.21. The topological polar surface area (TPSA) is 32.3 Å². The van der Waals surface area contributed by atoms with Crippen molar-refractivity contribution in [3.8, 4) is 5.75 Å². The molecule has 1 fully saturated rings. The number of phenols is 1. The van der Waals surface area contributed by atoms with Crippen molar-refractivity contribution in [1.82, 2.24) is 5.32 Å². The molecule has 17 heavy (non-hydrogen) atoms. The van der Waals surface area contributed by atoms with Crippen LogP contribution in [0.4, 0.5) is 0 Å². The first-order valence-corrected chi connectivity index (χ1v) is 8.63. The van der Waals surface area contributed by atoms with Gasteiger partial charge in [0, 0.05) is 41.2 Å². The molecule has 2 nitrogen and oxygen atoms in total. The van der Waals surface area contributed by atoms with E-state index >= 15 is 0 Å². The monoisotopic (exact) mass is 333 g/mol. The summed E-state index contributed by atoms with van der Waals surface area (Å²) in [6, 6.07) is 5.76. The minimum absolute atomic E-state index is 0.352. The highest BCUT2D eigenvalue weighted by atomic mass is 79.9. The van der Waals surface area contributed by atoms with Crippen LogP contribution in [0.5, 0.6) is 5.75 Å². The molecule has 2 N–H and O–H groups in total. The standard InChI is InChI=1S/C12H16BrNOS2/c13-11-3-1-2-9(12(11)15)6-14-7-10-8-16-4-5-17-10/h1-3,10,14-15H,4-8H2. The predicted molar refractivity (Wildman–Crippen MR) is 81.1 cm³/mol. The Kier molecular flexibility index (Phi) is 5.53. The van der Waals surface area contributed by atoms with Crippen LogP contribution in [-0.2, 0) is 6.54 Å². The minimum atomic E-state index is 0.352. The number of nitrogens with one attached hydrogen (secondary N) is 1. The minimum Gasteiger partial charge on any atom is -0.506 e. The highest BCUT2D eigenvalue weighted by Crippen LogP contribution is 2.27. The van der Waals surface area contributed by atoms with Gasteiger partial charge in [-0.3, -0.25) is 0 Å². The van der Waals surface area contributed by atoms with E-state index in [1.807, 2.05) is 30.0 Å². The molecule has 1 aliphatic heterocycles. The van der Waals surface area contributed by atoms with E-state index in [-0.39, 0.29) is 0 Å². The third-order valence-electron chi connectivity index (χ3n) is 2.64. The Bertz CT molecular complexity index is 370. The molecule has 0 amide bonds. The van der Waals surface area contributed by atoms with Gasteiger partial charge in [-0.25, -0.2) is 0 Å². The number of hydrogen-bond acceptors (Lipinski definition) is 4. The number of phenolic OH excluding ortho intramolecular Hbond substituents is 1. The lowest BCUT2D eigenvalue weighted by atomic mass is 10.2. The van der Waals surface area contributed by atoms with Gasteiger partial charge in [0.1, 0.15) is 5.75 Å². The number of halogens is 1. The van der Waals surface area contributed by atoms with Crippen LogP contribution < -0.4 is 5.32 Å². The van der Waals surface area contributed by atoms with Gasteiger partial charge in [0.05, 0.1) is 4.47 Å². The first-order chi connectivity index (χ1) is 8.27. The molecular weight excluding hydrogens is 318 g/mol. The van der Waals surface area contributed by atoms with Gasteiger partial charge in [-0.15, -0.1) is 0 Å². The van der Waals surface area contributed by atoms with Gasteiger partial charge in [0.25, 0.3) is 0 Å². The molecule has 0 bridgehead atoms. The summed E-state index contributed by atoms with van der Waals surface area (Å²) in [5.41, 5.74) is 0.952. The van der Waals surface area contributed by atoms with E-state index in [0.29, 0.717) is 11.0 Å². The molecule has 1 aromatic rings. The third-order valence-corrected chi connectivity index (χ3v) is 6.13. The van der Waals surface area contributed by atoms with Gasteiger partial charge in [-0.05, 0) is 22.0 Å². The van der Waals surface area contributed by atoms with Crippen molar-refractivity contribution < 1.29 is 5.11 Å². The molecule has 0 radical (unpaired) electrons. The summed E-state index contributed by atoms with van der Waals surface area (Å²) in [4.78, 5) is 0. The number of thioether (sulfide) groups is 2. The van der Waals surface area contributed by atoms with Gasteiger partial charge in [-0.1, -0.05) is 12.1 Å². The fraction of sp³-hybridized carbons (Fsp3) is 0.500. The van der Waals surface area contributed by atoms with E-state index < -0.39 is 0 Å². The largest absolute Gasteiger partial charge is 0.506 e. The lowest BCUT2D eigenvalue weighted by molar-refractivity contribution is 0.461. The average molecular weight is 334 g/mol. The van der Waals surface area contributed by atoms with E-state index in [9.17, 15) is 5.11 Å². The smallest absolute Gasteiger partial charge is 0.134 e. The molecule has 1 atom stereocenters. The quantitative estimate of drug-likeness (QED) is 0.886. The summed E-state index contributed by atoms with van der Waals surface area (Å²) in [7, 11) is 0. The van der Waals surface area contributed by atoms with E-state index in [0.717, 1.165) is 23.1 Å². The van der Waals surface area contributed by atoms with E-state index in [1.54, 1.807) is 0 Å². The Balaban J connectivity index is 1.79. The van der Waals surface area contributed by atoms with Crippen LogP contribution in [0, 0.1) is 0 Å². The molecule has 1 saturated heterocycles. The Hall–Kier alpha value is 0.160. The van der Waals surface area contributed by atoms with E-state index in [1.165, 1.54) is 17.3 Å². The van der Waals surface area contributed by atoms with Crippen molar-refractivity contribution in [3.05, 3.63) is 28.2 Å². The predicted octanol–water partition coefficient (Wildman–Crippen LogP) is 3.09. The molecule has 0 aromatic heterocycles. The molecule has 5 heteroatoms. The van der Waals surface area contributed by atoms with Gasteiger partial charge < -0.3 is 10.4 Å². The highest BCUT2D eigenvalue weighted by Gasteiger charge is 2.13. The lowest BCUT2D eigenvalue weighted by Crippen LogP contribution is -2.28. The van der Waals surface area contributed by atoms with Gasteiger partial charge in [0.2, 0.25) is 0 Å². The van der Waals surface area contributed by atoms with Crippen molar-refractivity contribution in [3.63, 3.8) is 0 Å². The molecule has 1 aromatic carbocycles. The number of aromatic hydroxyl groups is 1. The number of para-hydroxylation sites is 1. The zero-order valence-corrected chi connectivity index (χ0v) is 12.7. The molecule has 1 aliphatic rings. The molecule has 0 saturated carbocycles. The first-order valence-electron chi connectivity index (χ1n) is 5.64. The first kappa shape index (κ1) is 13.6. The van der Waals surface area contributed by atoms with Crippen molar-refractivity contribution >= 4 is 39.5 Å². The normalized spacial score (nSPS) is 20.4. The second kappa shape index (κ2) is 6.92. The maximum Gasteiger partial charge on any atom is 0.134 e. The number of benzene rings is 1. The van der Waals surface area contributed by atoms with Gasteiger partial charge >= 0.3 is 0 Å². The van der Waals surface area contributed by atoms with E-state index in [4.69, 9.17) is 0 Å². The maximum atomic E-state index is 9.84. The second-order valence-corrected chi connectivity index (χ2v) is 7.36. The molecule has 1 heterocycles.